The lowest BCUT2D eigenvalue weighted by molar-refractivity contribution is -0.0505. The summed E-state index contributed by atoms with van der Waals surface area (Å²) in [6, 6.07) is 2.99. The zero-order valence-electron chi connectivity index (χ0n) is 17.1. The van der Waals surface area contributed by atoms with E-state index in [4.69, 9.17) is 14.0 Å². The van der Waals surface area contributed by atoms with Gasteiger partial charge in [0.1, 0.15) is 5.75 Å². The highest BCUT2D eigenvalue weighted by Crippen LogP contribution is 2.39. The molecule has 11 heteroatoms. The number of alkyl halides is 2. The first-order valence-corrected chi connectivity index (χ1v) is 9.68. The van der Waals surface area contributed by atoms with Gasteiger partial charge in [-0.25, -0.2) is 4.99 Å². The Bertz CT molecular complexity index is 873. The lowest BCUT2D eigenvalue weighted by Crippen LogP contribution is -2.38. The van der Waals surface area contributed by atoms with Crippen molar-refractivity contribution in [3.05, 3.63) is 29.4 Å². The largest absolute Gasteiger partial charge is 0.454 e. The summed E-state index contributed by atoms with van der Waals surface area (Å²) < 4.78 is 45.9. The number of hydrogen-bond acceptors (Lipinski definition) is 7. The van der Waals surface area contributed by atoms with Gasteiger partial charge < -0.3 is 29.4 Å². The first-order valence-electron chi connectivity index (χ1n) is 9.68. The second-order valence-electron chi connectivity index (χ2n) is 6.76. The van der Waals surface area contributed by atoms with Crippen molar-refractivity contribution in [1.82, 2.24) is 20.8 Å². The number of benzene rings is 1. The third-order valence-electron chi connectivity index (χ3n) is 4.16. The molecule has 9 nitrogen and oxygen atoms in total. The molecule has 164 valence electrons. The molecular formula is C19H25F2N5O4. The molecule has 1 aliphatic rings. The van der Waals surface area contributed by atoms with Gasteiger partial charge in [-0.15, -0.1) is 0 Å². The molecule has 0 bridgehead atoms. The van der Waals surface area contributed by atoms with E-state index >= 15 is 0 Å². The average Bonchev–Trinajstić information content (AvgIpc) is 3.34. The van der Waals surface area contributed by atoms with Gasteiger partial charge in [-0.3, -0.25) is 0 Å². The van der Waals surface area contributed by atoms with Crippen molar-refractivity contribution in [2.75, 3.05) is 19.9 Å². The van der Waals surface area contributed by atoms with Gasteiger partial charge in [0.2, 0.25) is 12.7 Å². The highest BCUT2D eigenvalue weighted by Gasteiger charge is 2.20. The molecule has 0 spiro atoms. The standard InChI is InChI=1S/C19H25F2N5O4/c1-4-22-19(23-6-5-16-25-17(11(2)3)26-30-16)24-9-12-7-14-15(28-10-27-14)8-13(12)29-18(20)21/h7-8,11,18H,4-6,9-10H2,1-3H3,(H2,22,23,24). The maximum atomic E-state index is 12.8. The minimum Gasteiger partial charge on any atom is -0.454 e. The highest BCUT2D eigenvalue weighted by molar-refractivity contribution is 5.79. The van der Waals surface area contributed by atoms with Crippen LogP contribution in [-0.4, -0.2) is 42.6 Å². The molecule has 2 N–H and O–H groups in total. The van der Waals surface area contributed by atoms with Gasteiger partial charge in [-0.2, -0.15) is 13.8 Å². The summed E-state index contributed by atoms with van der Waals surface area (Å²) in [4.78, 5) is 8.78. The second kappa shape index (κ2) is 10.1. The van der Waals surface area contributed by atoms with Crippen LogP contribution in [-0.2, 0) is 13.0 Å². The summed E-state index contributed by atoms with van der Waals surface area (Å²) >= 11 is 0. The maximum Gasteiger partial charge on any atom is 0.387 e. The van der Waals surface area contributed by atoms with E-state index in [0.29, 0.717) is 54.2 Å². The monoisotopic (exact) mass is 425 g/mol. The van der Waals surface area contributed by atoms with E-state index in [2.05, 4.69) is 30.5 Å². The van der Waals surface area contributed by atoms with E-state index in [1.807, 2.05) is 20.8 Å². The van der Waals surface area contributed by atoms with E-state index < -0.39 is 6.61 Å². The van der Waals surface area contributed by atoms with Crippen LogP contribution in [0.3, 0.4) is 0 Å². The molecule has 2 aromatic rings. The van der Waals surface area contributed by atoms with Crippen LogP contribution in [0.4, 0.5) is 8.78 Å². The molecule has 2 heterocycles. The van der Waals surface area contributed by atoms with Gasteiger partial charge >= 0.3 is 6.61 Å². The van der Waals surface area contributed by atoms with Gasteiger partial charge in [-0.1, -0.05) is 19.0 Å². The fourth-order valence-corrected chi connectivity index (χ4v) is 2.69. The molecule has 0 saturated carbocycles. The molecule has 1 aromatic carbocycles. The molecule has 3 rings (SSSR count). The van der Waals surface area contributed by atoms with E-state index in [1.54, 1.807) is 6.07 Å². The van der Waals surface area contributed by atoms with E-state index in [0.717, 1.165) is 0 Å². The van der Waals surface area contributed by atoms with Crippen molar-refractivity contribution in [1.29, 1.82) is 0 Å². The minimum atomic E-state index is -2.95. The lowest BCUT2D eigenvalue weighted by Gasteiger charge is -2.13. The first-order chi connectivity index (χ1) is 14.5. The second-order valence-corrected chi connectivity index (χ2v) is 6.76. The predicted octanol–water partition coefficient (Wildman–Crippen LogP) is 2.82. The molecule has 1 aliphatic heterocycles. The number of ether oxygens (including phenoxy) is 3. The van der Waals surface area contributed by atoms with Gasteiger partial charge in [-0.05, 0) is 13.0 Å². The van der Waals surface area contributed by atoms with E-state index in [9.17, 15) is 8.78 Å². The topological polar surface area (TPSA) is 103 Å². The summed E-state index contributed by atoms with van der Waals surface area (Å²) in [7, 11) is 0. The number of guanidine groups is 1. The van der Waals surface area contributed by atoms with Crippen LogP contribution < -0.4 is 24.8 Å². The maximum absolute atomic E-state index is 12.8. The molecule has 0 amide bonds. The van der Waals surface area contributed by atoms with E-state index in [1.165, 1.54) is 6.07 Å². The average molecular weight is 425 g/mol. The Labute approximate surface area is 172 Å². The van der Waals surface area contributed by atoms with Crippen LogP contribution in [0.25, 0.3) is 0 Å². The van der Waals surface area contributed by atoms with Crippen LogP contribution in [0.5, 0.6) is 17.2 Å². The van der Waals surface area contributed by atoms with Crippen molar-refractivity contribution in [2.45, 2.75) is 46.3 Å². The Morgan fingerprint density at radius 2 is 2.00 bits per heavy atom. The number of rotatable bonds is 9. The molecule has 0 radical (unpaired) electrons. The molecule has 0 atom stereocenters. The molecular weight excluding hydrogens is 400 g/mol. The number of nitrogens with one attached hydrogen (secondary N) is 2. The molecule has 0 aliphatic carbocycles. The van der Waals surface area contributed by atoms with Crippen molar-refractivity contribution in [3.63, 3.8) is 0 Å². The Morgan fingerprint density at radius 1 is 1.23 bits per heavy atom. The van der Waals surface area contributed by atoms with Gasteiger partial charge in [0.15, 0.2) is 23.3 Å². The van der Waals surface area contributed by atoms with Crippen LogP contribution in [0.1, 0.15) is 44.0 Å². The summed E-state index contributed by atoms with van der Waals surface area (Å²) in [5.41, 5.74) is 0.454. The number of aliphatic imine (C=N–C) groups is 1. The van der Waals surface area contributed by atoms with E-state index in [-0.39, 0.29) is 25.0 Å². The molecule has 0 fully saturated rings. The third kappa shape index (κ3) is 5.71. The molecule has 0 saturated heterocycles. The number of fused-ring (bicyclic) bond motifs is 1. The Balaban J connectivity index is 1.65. The van der Waals surface area contributed by atoms with Crippen LogP contribution in [0, 0.1) is 0 Å². The Kier molecular flexibility index (Phi) is 7.26. The molecule has 30 heavy (non-hydrogen) atoms. The zero-order chi connectivity index (χ0) is 21.5. The number of hydrogen-bond donors (Lipinski definition) is 2. The summed E-state index contributed by atoms with van der Waals surface area (Å²) in [5, 5.41) is 10.2. The fourth-order valence-electron chi connectivity index (χ4n) is 2.69. The third-order valence-corrected chi connectivity index (χ3v) is 4.16. The minimum absolute atomic E-state index is 0.000855. The van der Waals surface area contributed by atoms with Crippen LogP contribution in [0.2, 0.25) is 0 Å². The first kappa shape index (κ1) is 21.6. The molecule has 0 unspecified atom stereocenters. The molecule has 1 aromatic heterocycles. The van der Waals surface area contributed by atoms with Gasteiger partial charge in [0.25, 0.3) is 0 Å². The van der Waals surface area contributed by atoms with Gasteiger partial charge in [0.05, 0.1) is 6.54 Å². The SMILES string of the molecule is CCNC(=NCc1cc2c(cc1OC(F)F)OCO2)NCCc1nc(C(C)C)no1. The predicted molar refractivity (Wildman–Crippen MR) is 104 cm³/mol. The quantitative estimate of drug-likeness (QED) is 0.467. The number of nitrogens with zero attached hydrogens (tertiary/aromatic N) is 3. The van der Waals surface area contributed by atoms with Gasteiger partial charge in [0, 0.05) is 37.1 Å². The summed E-state index contributed by atoms with van der Waals surface area (Å²) in [6.07, 6.45) is 0.522. The Hall–Kier alpha value is -3.11. The summed E-state index contributed by atoms with van der Waals surface area (Å²) in [5.74, 6) is 2.75. The van der Waals surface area contributed by atoms with Crippen LogP contribution in [0.15, 0.2) is 21.6 Å². The number of aromatic nitrogens is 2. The smallest absolute Gasteiger partial charge is 0.387 e. The van der Waals surface area contributed by atoms with Crippen LogP contribution >= 0.6 is 0 Å². The highest BCUT2D eigenvalue weighted by atomic mass is 19.3. The Morgan fingerprint density at radius 3 is 2.67 bits per heavy atom. The zero-order valence-corrected chi connectivity index (χ0v) is 17.1. The van der Waals surface area contributed by atoms with Crippen molar-refractivity contribution in [3.8, 4) is 17.2 Å². The fraction of sp³-hybridized carbons (Fsp3) is 0.526. The van der Waals surface area contributed by atoms with Crippen molar-refractivity contribution < 1.29 is 27.5 Å². The lowest BCUT2D eigenvalue weighted by atomic mass is 10.1. The van der Waals surface area contributed by atoms with Crippen molar-refractivity contribution >= 4 is 5.96 Å². The number of halogens is 2. The normalized spacial score (nSPS) is 13.2. The van der Waals surface area contributed by atoms with Crippen molar-refractivity contribution in [2.24, 2.45) is 4.99 Å². The summed E-state index contributed by atoms with van der Waals surface area (Å²) in [6.45, 7) is 4.23.